The Labute approximate surface area is 225 Å². The number of rotatable bonds is 1. The second-order valence-electron chi connectivity index (χ2n) is 10.5. The molecule has 0 radical (unpaired) electrons. The quantitative estimate of drug-likeness (QED) is 0.163. The van der Waals surface area contributed by atoms with E-state index in [9.17, 15) is 0 Å². The largest absolute Gasteiger partial charge is 0.455 e. The van der Waals surface area contributed by atoms with Crippen molar-refractivity contribution in [2.75, 3.05) is 0 Å². The second kappa shape index (κ2) is 7.69. The molecule has 0 spiro atoms. The van der Waals surface area contributed by atoms with Gasteiger partial charge in [0.15, 0.2) is 0 Å². The molecule has 0 atom stereocenters. The third kappa shape index (κ3) is 2.85. The van der Waals surface area contributed by atoms with E-state index in [0.29, 0.717) is 0 Å². The molecule has 0 unspecified atom stereocenters. The highest BCUT2D eigenvalue weighted by Gasteiger charge is 2.24. The van der Waals surface area contributed by atoms with Crippen LogP contribution in [0.15, 0.2) is 133 Å². The zero-order valence-corrected chi connectivity index (χ0v) is 21.1. The topological polar surface area (TPSA) is 9.23 Å². The molecule has 9 rings (SSSR count). The lowest BCUT2D eigenvalue weighted by Gasteiger charge is -2.24. The lowest BCUT2D eigenvalue weighted by Crippen LogP contribution is -1.99. The maximum atomic E-state index is 6.69. The van der Waals surface area contributed by atoms with E-state index in [-0.39, 0.29) is 0 Å². The smallest absolute Gasteiger partial charge is 0.143 e. The van der Waals surface area contributed by atoms with Gasteiger partial charge in [0.1, 0.15) is 11.5 Å². The van der Waals surface area contributed by atoms with Crippen molar-refractivity contribution in [3.05, 3.63) is 133 Å². The summed E-state index contributed by atoms with van der Waals surface area (Å²) in [5, 5.41) is 12.4. The Hall–Kier alpha value is -5.14. The Morgan fingerprint density at radius 2 is 1.00 bits per heavy atom. The van der Waals surface area contributed by atoms with Crippen LogP contribution in [-0.4, -0.2) is 0 Å². The second-order valence-corrected chi connectivity index (χ2v) is 10.5. The Morgan fingerprint density at radius 1 is 0.359 bits per heavy atom. The van der Waals surface area contributed by atoms with E-state index in [0.717, 1.165) is 22.4 Å². The van der Waals surface area contributed by atoms with Gasteiger partial charge in [-0.2, -0.15) is 0 Å². The molecule has 39 heavy (non-hydrogen) atoms. The van der Waals surface area contributed by atoms with Gasteiger partial charge in [0.05, 0.1) is 0 Å². The molecule has 0 aliphatic carbocycles. The van der Waals surface area contributed by atoms with Crippen LogP contribution in [0, 0.1) is 0 Å². The molecule has 8 aromatic rings. The highest BCUT2D eigenvalue weighted by molar-refractivity contribution is 6.23. The third-order valence-electron chi connectivity index (χ3n) is 8.42. The molecule has 1 heteroatoms. The third-order valence-corrected chi connectivity index (χ3v) is 8.42. The highest BCUT2D eigenvalue weighted by atomic mass is 16.5. The molecule has 0 saturated carbocycles. The molecule has 1 aliphatic heterocycles. The Kier molecular flexibility index (Phi) is 4.11. The van der Waals surface area contributed by atoms with Crippen LogP contribution in [0.5, 0.6) is 11.5 Å². The Bertz CT molecular complexity index is 2310. The number of fused-ring (bicyclic) bond motifs is 8. The maximum absolute atomic E-state index is 6.69. The summed E-state index contributed by atoms with van der Waals surface area (Å²) in [5.41, 5.74) is 4.89. The van der Waals surface area contributed by atoms with Gasteiger partial charge in [-0.15, -0.1) is 0 Å². The van der Waals surface area contributed by atoms with Gasteiger partial charge < -0.3 is 4.74 Å². The average molecular weight is 495 g/mol. The van der Waals surface area contributed by atoms with E-state index < -0.39 is 0 Å². The van der Waals surface area contributed by atoms with Gasteiger partial charge in [0, 0.05) is 16.3 Å². The van der Waals surface area contributed by atoms with Crippen LogP contribution < -0.4 is 4.74 Å². The molecule has 0 amide bonds. The van der Waals surface area contributed by atoms with Crippen LogP contribution in [0.2, 0.25) is 0 Å². The van der Waals surface area contributed by atoms with Gasteiger partial charge in [-0.25, -0.2) is 0 Å². The highest BCUT2D eigenvalue weighted by Crippen LogP contribution is 2.52. The first-order valence-corrected chi connectivity index (χ1v) is 13.4. The lowest BCUT2D eigenvalue weighted by atomic mass is 9.85. The predicted octanol–water partition coefficient (Wildman–Crippen LogP) is 10.9. The van der Waals surface area contributed by atoms with Crippen LogP contribution in [0.25, 0.3) is 76.1 Å². The van der Waals surface area contributed by atoms with Crippen molar-refractivity contribution in [3.8, 4) is 33.8 Å². The summed E-state index contributed by atoms with van der Waals surface area (Å²) in [6.45, 7) is 0. The van der Waals surface area contributed by atoms with Crippen molar-refractivity contribution < 1.29 is 4.74 Å². The molecule has 0 aromatic heterocycles. The number of benzene rings is 8. The van der Waals surface area contributed by atoms with Crippen molar-refractivity contribution in [1.29, 1.82) is 0 Å². The zero-order valence-electron chi connectivity index (χ0n) is 21.1. The number of ether oxygens (including phenoxy) is 1. The Balaban J connectivity index is 1.42. The van der Waals surface area contributed by atoms with Crippen molar-refractivity contribution in [3.63, 3.8) is 0 Å². The first-order chi connectivity index (χ1) is 19.3. The molecule has 0 saturated heterocycles. The van der Waals surface area contributed by atoms with Crippen molar-refractivity contribution in [2.24, 2.45) is 0 Å². The molecule has 1 nitrogen and oxygen atoms in total. The van der Waals surface area contributed by atoms with E-state index in [1.807, 2.05) is 0 Å². The fraction of sp³-hybridized carbons (Fsp3) is 0. The van der Waals surface area contributed by atoms with Gasteiger partial charge in [-0.3, -0.25) is 0 Å². The van der Waals surface area contributed by atoms with Gasteiger partial charge >= 0.3 is 0 Å². The van der Waals surface area contributed by atoms with Crippen LogP contribution >= 0.6 is 0 Å². The fourth-order valence-corrected chi connectivity index (χ4v) is 6.69. The molecule has 0 bridgehead atoms. The predicted molar refractivity (Wildman–Crippen MR) is 165 cm³/mol. The monoisotopic (exact) mass is 494 g/mol. The minimum atomic E-state index is 0.920. The standard InChI is InChI=1S/C38H22O/c1-4-11-26-23(8-1)16-18-32-34(26)22-25-10-3-5-12-27(25)36(32)30-20-21-31-33-19-17-24-9-2-6-13-28(24)38(33)39-35-15-7-14-29(30)37(31)35/h1-22H. The van der Waals surface area contributed by atoms with Crippen LogP contribution in [-0.2, 0) is 0 Å². The van der Waals surface area contributed by atoms with Gasteiger partial charge in [-0.05, 0) is 78.0 Å². The summed E-state index contributed by atoms with van der Waals surface area (Å²) in [6.07, 6.45) is 0. The molecular formula is C38H22O. The van der Waals surface area contributed by atoms with Crippen molar-refractivity contribution >= 4 is 53.9 Å². The molecular weight excluding hydrogens is 472 g/mol. The van der Waals surface area contributed by atoms with Crippen molar-refractivity contribution in [2.45, 2.75) is 0 Å². The van der Waals surface area contributed by atoms with E-state index in [1.54, 1.807) is 0 Å². The van der Waals surface area contributed by atoms with E-state index >= 15 is 0 Å². The first-order valence-electron chi connectivity index (χ1n) is 13.4. The van der Waals surface area contributed by atoms with Gasteiger partial charge in [0.2, 0.25) is 0 Å². The molecule has 0 fully saturated rings. The van der Waals surface area contributed by atoms with E-state index in [2.05, 4.69) is 133 Å². The normalized spacial score (nSPS) is 12.3. The molecule has 1 heterocycles. The SMILES string of the molecule is c1ccc2c3c(ccc2c1)-c1ccc(-c2c4ccccc4cc4c2ccc2ccccc24)c2cccc(c12)O3. The van der Waals surface area contributed by atoms with Crippen LogP contribution in [0.1, 0.15) is 0 Å². The maximum Gasteiger partial charge on any atom is 0.143 e. The van der Waals surface area contributed by atoms with Crippen LogP contribution in [0.4, 0.5) is 0 Å². The molecule has 0 N–H and O–H groups in total. The van der Waals surface area contributed by atoms with Crippen molar-refractivity contribution in [1.82, 2.24) is 0 Å². The summed E-state index contributed by atoms with van der Waals surface area (Å²) in [5.74, 6) is 1.87. The van der Waals surface area contributed by atoms with E-state index in [4.69, 9.17) is 4.74 Å². The van der Waals surface area contributed by atoms with E-state index in [1.165, 1.54) is 65.2 Å². The Morgan fingerprint density at radius 3 is 1.87 bits per heavy atom. The average Bonchev–Trinajstić information content (AvgIpc) is 3.00. The number of hydrogen-bond acceptors (Lipinski definition) is 1. The minimum absolute atomic E-state index is 0.920. The zero-order chi connectivity index (χ0) is 25.5. The lowest BCUT2D eigenvalue weighted by molar-refractivity contribution is 0.493. The van der Waals surface area contributed by atoms with Crippen LogP contribution in [0.3, 0.4) is 0 Å². The summed E-state index contributed by atoms with van der Waals surface area (Å²) in [7, 11) is 0. The molecule has 180 valence electrons. The number of hydrogen-bond donors (Lipinski definition) is 0. The first kappa shape index (κ1) is 20.9. The fourth-order valence-electron chi connectivity index (χ4n) is 6.69. The summed E-state index contributed by atoms with van der Waals surface area (Å²) in [4.78, 5) is 0. The summed E-state index contributed by atoms with van der Waals surface area (Å²) >= 11 is 0. The molecule has 1 aliphatic rings. The molecule has 8 aromatic carbocycles. The van der Waals surface area contributed by atoms with Gasteiger partial charge in [-0.1, -0.05) is 115 Å². The summed E-state index contributed by atoms with van der Waals surface area (Å²) < 4.78 is 6.69. The van der Waals surface area contributed by atoms with Gasteiger partial charge in [0.25, 0.3) is 0 Å². The minimum Gasteiger partial charge on any atom is -0.455 e. The summed E-state index contributed by atoms with van der Waals surface area (Å²) in [6, 6.07) is 48.3.